The molecule has 2 aromatic rings. The fourth-order valence-electron chi connectivity index (χ4n) is 2.23. The van der Waals surface area contributed by atoms with Crippen molar-refractivity contribution < 1.29 is 14.3 Å². The summed E-state index contributed by atoms with van der Waals surface area (Å²) in [4.78, 5) is 28.2. The van der Waals surface area contributed by atoms with Crippen molar-refractivity contribution in [3.63, 3.8) is 0 Å². The molecule has 1 aromatic carbocycles. The zero-order valence-electron chi connectivity index (χ0n) is 11.5. The van der Waals surface area contributed by atoms with E-state index in [4.69, 9.17) is 17.0 Å². The zero-order chi connectivity index (χ0) is 15.7. The second-order valence-corrected chi connectivity index (χ2v) is 4.96. The number of ether oxygens (including phenoxy) is 1. The number of hydrogen-bond donors (Lipinski definition) is 2. The molecule has 1 aromatic heterocycles. The van der Waals surface area contributed by atoms with E-state index in [0.717, 1.165) is 10.9 Å². The fourth-order valence-corrected chi connectivity index (χ4v) is 2.42. The number of benzene rings is 1. The Balaban J connectivity index is 2.21. The lowest BCUT2D eigenvalue weighted by Gasteiger charge is -2.17. The van der Waals surface area contributed by atoms with Crippen molar-refractivity contribution in [2.24, 2.45) is 0 Å². The van der Waals surface area contributed by atoms with Crippen LogP contribution in [0, 0.1) is 0 Å². The summed E-state index contributed by atoms with van der Waals surface area (Å²) in [6, 6.07) is 7.18. The lowest BCUT2D eigenvalue weighted by atomic mass is 10.0. The minimum Gasteiger partial charge on any atom is -0.496 e. The minimum atomic E-state index is -0.545. The number of nitrogens with one attached hydrogen (secondary N) is 2. The van der Waals surface area contributed by atoms with Gasteiger partial charge in [0.05, 0.1) is 12.6 Å². The highest BCUT2D eigenvalue weighted by molar-refractivity contribution is 7.80. The van der Waals surface area contributed by atoms with E-state index in [0.29, 0.717) is 11.3 Å². The molecule has 1 aliphatic heterocycles. The monoisotopic (exact) mass is 313 g/mol. The number of methoxy groups -OCH3 is 1. The summed E-state index contributed by atoms with van der Waals surface area (Å²) in [6.45, 7) is 0. The van der Waals surface area contributed by atoms with Gasteiger partial charge >= 0.3 is 0 Å². The predicted molar refractivity (Wildman–Crippen MR) is 85.2 cm³/mol. The van der Waals surface area contributed by atoms with Gasteiger partial charge in [0, 0.05) is 17.1 Å². The molecule has 0 aliphatic carbocycles. The maximum absolute atomic E-state index is 12.0. The molecule has 0 bridgehead atoms. The summed E-state index contributed by atoms with van der Waals surface area (Å²) >= 11 is 4.78. The van der Waals surface area contributed by atoms with Crippen LogP contribution in [0.15, 0.2) is 36.0 Å². The Bertz CT molecular complexity index is 823. The van der Waals surface area contributed by atoms with Crippen LogP contribution in [0.2, 0.25) is 0 Å². The molecule has 7 heteroatoms. The lowest BCUT2D eigenvalue weighted by molar-refractivity contribution is -0.123. The number of carbonyl (C=O) groups excluding carboxylic acids is 2. The molecule has 1 aliphatic rings. The Labute approximate surface area is 131 Å². The number of pyridine rings is 1. The smallest absolute Gasteiger partial charge is 0.263 e. The molecule has 6 nitrogen and oxygen atoms in total. The first-order chi connectivity index (χ1) is 10.6. The van der Waals surface area contributed by atoms with Crippen molar-refractivity contribution in [3.8, 4) is 5.75 Å². The van der Waals surface area contributed by atoms with Crippen molar-refractivity contribution in [3.05, 3.63) is 41.6 Å². The van der Waals surface area contributed by atoms with Gasteiger partial charge in [0.15, 0.2) is 5.11 Å². The average molecular weight is 313 g/mol. The van der Waals surface area contributed by atoms with Gasteiger partial charge in [0.25, 0.3) is 11.8 Å². The molecule has 0 spiro atoms. The summed E-state index contributed by atoms with van der Waals surface area (Å²) in [5, 5.41) is 5.58. The van der Waals surface area contributed by atoms with E-state index in [9.17, 15) is 9.59 Å². The van der Waals surface area contributed by atoms with Crippen LogP contribution in [0.1, 0.15) is 5.56 Å². The standard InChI is InChI=1S/C15H11N3O3S/c1-21-12-5-4-11-8(3-2-6-16-11)9(12)7-10-13(19)17-15(22)18-14(10)20/h2-7H,1H3,(H2,17,18,19,20,22). The number of fused-ring (bicyclic) bond motifs is 1. The molecule has 3 rings (SSSR count). The molecular weight excluding hydrogens is 302 g/mol. The summed E-state index contributed by atoms with van der Waals surface area (Å²) in [5.74, 6) is -0.546. The van der Waals surface area contributed by atoms with E-state index < -0.39 is 11.8 Å². The number of carbonyl (C=O) groups is 2. The van der Waals surface area contributed by atoms with Crippen LogP contribution in [0.25, 0.3) is 17.0 Å². The number of nitrogens with zero attached hydrogens (tertiary/aromatic N) is 1. The topological polar surface area (TPSA) is 80.3 Å². The summed E-state index contributed by atoms with van der Waals surface area (Å²) < 4.78 is 5.33. The first kappa shape index (κ1) is 14.2. The molecule has 0 saturated carbocycles. The molecular formula is C15H11N3O3S. The second-order valence-electron chi connectivity index (χ2n) is 4.55. The quantitative estimate of drug-likeness (QED) is 0.494. The van der Waals surface area contributed by atoms with Gasteiger partial charge in [-0.3, -0.25) is 25.2 Å². The van der Waals surface area contributed by atoms with Crippen LogP contribution in [-0.2, 0) is 9.59 Å². The molecule has 2 heterocycles. The predicted octanol–water partition coefficient (Wildman–Crippen LogP) is 1.16. The van der Waals surface area contributed by atoms with Crippen LogP contribution in [0.4, 0.5) is 0 Å². The molecule has 110 valence electrons. The third kappa shape index (κ3) is 2.42. The van der Waals surface area contributed by atoms with Gasteiger partial charge in [0.2, 0.25) is 0 Å². The van der Waals surface area contributed by atoms with E-state index in [-0.39, 0.29) is 10.7 Å². The Kier molecular flexibility index (Phi) is 3.56. The Hall–Kier alpha value is -2.80. The first-order valence-corrected chi connectivity index (χ1v) is 6.81. The highest BCUT2D eigenvalue weighted by Crippen LogP contribution is 2.29. The van der Waals surface area contributed by atoms with Gasteiger partial charge in [-0.2, -0.15) is 0 Å². The van der Waals surface area contributed by atoms with Gasteiger partial charge in [-0.15, -0.1) is 0 Å². The zero-order valence-corrected chi connectivity index (χ0v) is 12.4. The summed E-state index contributed by atoms with van der Waals surface area (Å²) in [5.41, 5.74) is 1.31. The molecule has 1 saturated heterocycles. The average Bonchev–Trinajstić information content (AvgIpc) is 2.50. The van der Waals surface area contributed by atoms with E-state index >= 15 is 0 Å². The summed E-state index contributed by atoms with van der Waals surface area (Å²) in [6.07, 6.45) is 3.15. The van der Waals surface area contributed by atoms with E-state index in [1.54, 1.807) is 18.3 Å². The highest BCUT2D eigenvalue weighted by atomic mass is 32.1. The van der Waals surface area contributed by atoms with Crippen molar-refractivity contribution in [2.75, 3.05) is 7.11 Å². The van der Waals surface area contributed by atoms with Crippen LogP contribution < -0.4 is 15.4 Å². The molecule has 0 atom stereocenters. The van der Waals surface area contributed by atoms with Gasteiger partial charge in [-0.05, 0) is 36.5 Å². The van der Waals surface area contributed by atoms with Crippen LogP contribution in [-0.4, -0.2) is 29.0 Å². The maximum Gasteiger partial charge on any atom is 0.263 e. The number of thiocarbonyl (C=S) groups is 1. The van der Waals surface area contributed by atoms with E-state index in [2.05, 4.69) is 15.6 Å². The number of hydrogen-bond acceptors (Lipinski definition) is 5. The van der Waals surface area contributed by atoms with E-state index in [1.807, 2.05) is 12.1 Å². The largest absolute Gasteiger partial charge is 0.496 e. The number of amides is 2. The van der Waals surface area contributed by atoms with Gasteiger partial charge in [-0.1, -0.05) is 6.07 Å². The SMILES string of the molecule is COc1ccc2ncccc2c1C=C1C(=O)NC(=S)NC1=O. The highest BCUT2D eigenvalue weighted by Gasteiger charge is 2.26. The van der Waals surface area contributed by atoms with E-state index in [1.165, 1.54) is 13.2 Å². The van der Waals surface area contributed by atoms with Crippen molar-refractivity contribution in [1.82, 2.24) is 15.6 Å². The van der Waals surface area contributed by atoms with Crippen molar-refractivity contribution in [2.45, 2.75) is 0 Å². The Morgan fingerprint density at radius 2 is 1.91 bits per heavy atom. The Morgan fingerprint density at radius 1 is 1.18 bits per heavy atom. The van der Waals surface area contributed by atoms with Gasteiger partial charge < -0.3 is 4.74 Å². The molecule has 22 heavy (non-hydrogen) atoms. The molecule has 2 amide bonds. The van der Waals surface area contributed by atoms with Crippen molar-refractivity contribution in [1.29, 1.82) is 0 Å². The van der Waals surface area contributed by atoms with Crippen LogP contribution in [0.5, 0.6) is 5.75 Å². The maximum atomic E-state index is 12.0. The third-order valence-electron chi connectivity index (χ3n) is 3.24. The normalized spacial score (nSPS) is 14.6. The van der Waals surface area contributed by atoms with Crippen molar-refractivity contribution >= 4 is 46.1 Å². The molecule has 2 N–H and O–H groups in total. The number of rotatable bonds is 2. The fraction of sp³-hybridized carbons (Fsp3) is 0.0667. The summed E-state index contributed by atoms with van der Waals surface area (Å²) in [7, 11) is 1.52. The van der Waals surface area contributed by atoms with Crippen LogP contribution >= 0.6 is 12.2 Å². The molecule has 1 fully saturated rings. The third-order valence-corrected chi connectivity index (χ3v) is 3.44. The molecule has 0 unspecified atom stereocenters. The molecule has 0 radical (unpaired) electrons. The lowest BCUT2D eigenvalue weighted by Crippen LogP contribution is -2.51. The Morgan fingerprint density at radius 3 is 2.59 bits per heavy atom. The number of aromatic nitrogens is 1. The minimum absolute atomic E-state index is 0.00120. The van der Waals surface area contributed by atoms with Gasteiger partial charge in [-0.25, -0.2) is 0 Å². The second kappa shape index (κ2) is 5.53. The first-order valence-electron chi connectivity index (χ1n) is 6.40. The van der Waals surface area contributed by atoms with Gasteiger partial charge in [0.1, 0.15) is 11.3 Å². The van der Waals surface area contributed by atoms with Crippen LogP contribution in [0.3, 0.4) is 0 Å².